The molecule has 0 aliphatic carbocycles. The van der Waals surface area contributed by atoms with Gasteiger partial charge >= 0.3 is 0 Å². The zero-order valence-corrected chi connectivity index (χ0v) is 16.2. The molecule has 0 atom stereocenters. The molecule has 7 nitrogen and oxygen atoms in total. The van der Waals surface area contributed by atoms with Crippen LogP contribution in [0.3, 0.4) is 0 Å². The van der Waals surface area contributed by atoms with E-state index in [1.165, 1.54) is 56.3 Å². The van der Waals surface area contributed by atoms with Crippen molar-refractivity contribution in [1.82, 2.24) is 0 Å². The number of carbonyl (C=O) groups is 3. The number of fused-ring (bicyclic) bond motifs is 1. The molecule has 144 valence electrons. The number of hydrogen-bond donors (Lipinski definition) is 1. The van der Waals surface area contributed by atoms with Crippen molar-refractivity contribution in [2.45, 2.75) is 18.7 Å². The molecule has 0 unspecified atom stereocenters. The second-order valence-corrected chi connectivity index (χ2v) is 8.48. The highest BCUT2D eigenvalue weighted by Crippen LogP contribution is 2.41. The lowest BCUT2D eigenvalue weighted by Crippen LogP contribution is -2.31. The number of benzene rings is 2. The summed E-state index contributed by atoms with van der Waals surface area (Å²) in [6.07, 6.45) is 1.06. The summed E-state index contributed by atoms with van der Waals surface area (Å²) in [5.41, 5.74) is 0.949. The van der Waals surface area contributed by atoms with Crippen LogP contribution in [0, 0.1) is 0 Å². The van der Waals surface area contributed by atoms with Crippen LogP contribution in [0.1, 0.15) is 35.3 Å². The van der Waals surface area contributed by atoms with Gasteiger partial charge < -0.3 is 5.11 Å². The van der Waals surface area contributed by atoms with E-state index in [-0.39, 0.29) is 33.1 Å². The maximum Gasteiger partial charge on any atom is 0.269 e. The minimum absolute atomic E-state index is 0.0661. The Labute approximate surface area is 161 Å². The SMILES string of the molecule is CC(=O)c1ccc2c(c1)C(=C(O)c1ccc(S(C)(=O)=O)cc1)C(=O)N2C(C)=O. The van der Waals surface area contributed by atoms with Crippen molar-refractivity contribution in [1.29, 1.82) is 0 Å². The number of ketones is 1. The normalized spacial score (nSPS) is 15.4. The molecule has 1 aliphatic heterocycles. The van der Waals surface area contributed by atoms with Crippen molar-refractivity contribution in [2.75, 3.05) is 11.2 Å². The lowest BCUT2D eigenvalue weighted by atomic mass is 9.99. The highest BCUT2D eigenvalue weighted by Gasteiger charge is 2.38. The number of amides is 2. The summed E-state index contributed by atoms with van der Waals surface area (Å²) in [5.74, 6) is -1.88. The molecule has 8 heteroatoms. The van der Waals surface area contributed by atoms with Gasteiger partial charge in [0.1, 0.15) is 5.76 Å². The smallest absolute Gasteiger partial charge is 0.269 e. The van der Waals surface area contributed by atoms with Crippen LogP contribution in [0.2, 0.25) is 0 Å². The Morgan fingerprint density at radius 3 is 2.04 bits per heavy atom. The molecule has 0 spiro atoms. The minimum atomic E-state index is -3.41. The Bertz CT molecular complexity index is 1160. The highest BCUT2D eigenvalue weighted by molar-refractivity contribution is 7.90. The number of anilines is 1. The third kappa shape index (κ3) is 3.22. The topological polar surface area (TPSA) is 109 Å². The van der Waals surface area contributed by atoms with Crippen molar-refractivity contribution in [3.05, 3.63) is 59.2 Å². The van der Waals surface area contributed by atoms with Crippen LogP contribution >= 0.6 is 0 Å². The number of nitrogens with zero attached hydrogens (tertiary/aromatic N) is 1. The molecule has 1 heterocycles. The van der Waals surface area contributed by atoms with Gasteiger partial charge in [-0.2, -0.15) is 0 Å². The first kappa shape index (κ1) is 19.5. The Morgan fingerprint density at radius 2 is 1.54 bits per heavy atom. The van der Waals surface area contributed by atoms with Crippen LogP contribution in [-0.2, 0) is 19.4 Å². The van der Waals surface area contributed by atoms with E-state index < -0.39 is 27.4 Å². The average Bonchev–Trinajstić information content (AvgIpc) is 2.91. The van der Waals surface area contributed by atoms with Gasteiger partial charge in [0.15, 0.2) is 15.6 Å². The number of rotatable bonds is 3. The summed E-state index contributed by atoms with van der Waals surface area (Å²) >= 11 is 0. The molecule has 28 heavy (non-hydrogen) atoms. The predicted molar refractivity (Wildman–Crippen MR) is 104 cm³/mol. The van der Waals surface area contributed by atoms with E-state index in [0.29, 0.717) is 5.56 Å². The number of carbonyl (C=O) groups excluding carboxylic acids is 3. The summed E-state index contributed by atoms with van der Waals surface area (Å²) in [7, 11) is -3.41. The Kier molecular flexibility index (Phi) is 4.68. The van der Waals surface area contributed by atoms with Crippen molar-refractivity contribution in [2.24, 2.45) is 0 Å². The summed E-state index contributed by atoms with van der Waals surface area (Å²) in [5, 5.41) is 10.7. The van der Waals surface area contributed by atoms with Crippen LogP contribution in [0.4, 0.5) is 5.69 Å². The molecule has 2 aromatic rings. The third-order valence-corrected chi connectivity index (χ3v) is 5.57. The Balaban J connectivity index is 2.23. The fraction of sp³-hybridized carbons (Fsp3) is 0.150. The van der Waals surface area contributed by atoms with Gasteiger partial charge in [-0.25, -0.2) is 13.3 Å². The van der Waals surface area contributed by atoms with Crippen LogP contribution < -0.4 is 4.90 Å². The van der Waals surface area contributed by atoms with Gasteiger partial charge in [0.05, 0.1) is 16.2 Å². The maximum absolute atomic E-state index is 12.8. The molecule has 0 radical (unpaired) electrons. The van der Waals surface area contributed by atoms with E-state index in [1.54, 1.807) is 0 Å². The van der Waals surface area contributed by atoms with E-state index in [0.717, 1.165) is 11.2 Å². The second-order valence-electron chi connectivity index (χ2n) is 6.47. The monoisotopic (exact) mass is 399 g/mol. The zero-order chi connectivity index (χ0) is 20.8. The quantitative estimate of drug-likeness (QED) is 0.483. The molecule has 3 rings (SSSR count). The van der Waals surface area contributed by atoms with Crippen molar-refractivity contribution < 1.29 is 27.9 Å². The first-order chi connectivity index (χ1) is 13.0. The van der Waals surface area contributed by atoms with E-state index >= 15 is 0 Å². The molecule has 2 amide bonds. The molecule has 0 aromatic heterocycles. The van der Waals surface area contributed by atoms with Crippen LogP contribution in [0.25, 0.3) is 11.3 Å². The van der Waals surface area contributed by atoms with Crippen LogP contribution in [0.5, 0.6) is 0 Å². The van der Waals surface area contributed by atoms with Crippen LogP contribution in [-0.4, -0.2) is 37.4 Å². The van der Waals surface area contributed by atoms with E-state index in [1.807, 2.05) is 0 Å². The van der Waals surface area contributed by atoms with Gasteiger partial charge in [-0.05, 0) is 49.4 Å². The lowest BCUT2D eigenvalue weighted by molar-refractivity contribution is -0.122. The van der Waals surface area contributed by atoms with Crippen molar-refractivity contribution in [3.63, 3.8) is 0 Å². The third-order valence-electron chi connectivity index (χ3n) is 4.44. The predicted octanol–water partition coefficient (Wildman–Crippen LogP) is 2.61. The standard InChI is InChI=1S/C20H17NO6S/c1-11(22)14-6-9-17-16(10-14)18(20(25)21(17)12(2)23)19(24)13-4-7-15(8-5-13)28(3,26)27/h4-10,24H,1-3H3. The number of hydrogen-bond acceptors (Lipinski definition) is 6. The Hall–Kier alpha value is -3.26. The average molecular weight is 399 g/mol. The fourth-order valence-electron chi connectivity index (χ4n) is 3.03. The van der Waals surface area contributed by atoms with Gasteiger partial charge in [-0.1, -0.05) is 0 Å². The van der Waals surface area contributed by atoms with Gasteiger partial charge in [0.2, 0.25) is 5.91 Å². The highest BCUT2D eigenvalue weighted by atomic mass is 32.2. The number of sulfone groups is 1. The molecule has 0 bridgehead atoms. The fourth-order valence-corrected chi connectivity index (χ4v) is 3.66. The van der Waals surface area contributed by atoms with Crippen molar-refractivity contribution in [3.8, 4) is 0 Å². The number of imide groups is 1. The maximum atomic E-state index is 12.8. The van der Waals surface area contributed by atoms with E-state index in [4.69, 9.17) is 0 Å². The van der Waals surface area contributed by atoms with Gasteiger partial charge in [-0.3, -0.25) is 14.4 Å². The summed E-state index contributed by atoms with van der Waals surface area (Å²) in [6, 6.07) is 9.82. The van der Waals surface area contributed by atoms with Gasteiger partial charge in [-0.15, -0.1) is 0 Å². The van der Waals surface area contributed by atoms with Gasteiger partial charge in [0, 0.05) is 29.9 Å². The number of Topliss-reactive ketones (excluding diaryl/α,β-unsaturated/α-hetero) is 1. The molecule has 1 aliphatic rings. The number of aliphatic hydroxyl groups is 1. The van der Waals surface area contributed by atoms with Crippen LogP contribution in [0.15, 0.2) is 47.4 Å². The summed E-state index contributed by atoms with van der Waals surface area (Å²) in [6.45, 7) is 2.59. The Morgan fingerprint density at radius 1 is 0.964 bits per heavy atom. The summed E-state index contributed by atoms with van der Waals surface area (Å²) < 4.78 is 23.2. The van der Waals surface area contributed by atoms with Gasteiger partial charge in [0.25, 0.3) is 5.91 Å². The van der Waals surface area contributed by atoms with Crippen molar-refractivity contribution >= 4 is 44.5 Å². The molecular formula is C20H17NO6S. The largest absolute Gasteiger partial charge is 0.506 e. The molecular weight excluding hydrogens is 382 g/mol. The second kappa shape index (κ2) is 6.72. The first-order valence-corrected chi connectivity index (χ1v) is 10.2. The molecule has 0 fully saturated rings. The molecule has 0 saturated carbocycles. The molecule has 0 saturated heterocycles. The molecule has 1 N–H and O–H groups in total. The van der Waals surface area contributed by atoms with E-state index in [9.17, 15) is 27.9 Å². The minimum Gasteiger partial charge on any atom is -0.506 e. The lowest BCUT2D eigenvalue weighted by Gasteiger charge is -2.12. The molecule has 2 aromatic carbocycles. The number of aliphatic hydroxyl groups excluding tert-OH is 1. The zero-order valence-electron chi connectivity index (χ0n) is 15.4. The van der Waals surface area contributed by atoms with E-state index in [2.05, 4.69) is 0 Å². The summed E-state index contributed by atoms with van der Waals surface area (Å²) in [4.78, 5) is 37.5. The first-order valence-electron chi connectivity index (χ1n) is 8.26.